The number of rotatable bonds is 5. The molecule has 0 radical (unpaired) electrons. The SMILES string of the molecule is COC(=O)[C@@H](C)NC1CCN(c2nc(C)c3cc(OC)ccc3n2)CC1. The van der Waals surface area contributed by atoms with E-state index in [0.29, 0.717) is 6.04 Å². The number of hydrogen-bond acceptors (Lipinski definition) is 7. The molecule has 1 fully saturated rings. The van der Waals surface area contributed by atoms with Gasteiger partial charge in [0.15, 0.2) is 0 Å². The number of hydrogen-bond donors (Lipinski definition) is 1. The summed E-state index contributed by atoms with van der Waals surface area (Å²) in [6.45, 7) is 5.54. The number of aryl methyl sites for hydroxylation is 1. The minimum atomic E-state index is -0.286. The molecule has 1 aliphatic rings. The Labute approximate surface area is 153 Å². The monoisotopic (exact) mass is 358 g/mol. The van der Waals surface area contributed by atoms with Crippen LogP contribution in [0.4, 0.5) is 5.95 Å². The topological polar surface area (TPSA) is 76.6 Å². The van der Waals surface area contributed by atoms with E-state index < -0.39 is 0 Å². The number of ether oxygens (including phenoxy) is 2. The van der Waals surface area contributed by atoms with Gasteiger partial charge in [0.1, 0.15) is 11.8 Å². The molecule has 0 amide bonds. The highest BCUT2D eigenvalue weighted by Crippen LogP contribution is 2.25. The average molecular weight is 358 g/mol. The minimum Gasteiger partial charge on any atom is -0.497 e. The van der Waals surface area contributed by atoms with E-state index in [1.807, 2.05) is 32.0 Å². The maximum Gasteiger partial charge on any atom is 0.322 e. The lowest BCUT2D eigenvalue weighted by Gasteiger charge is -2.33. The van der Waals surface area contributed by atoms with Gasteiger partial charge >= 0.3 is 5.97 Å². The lowest BCUT2D eigenvalue weighted by Crippen LogP contribution is -2.48. The van der Waals surface area contributed by atoms with Crippen molar-refractivity contribution in [3.05, 3.63) is 23.9 Å². The Kier molecular flexibility index (Phi) is 5.56. The smallest absolute Gasteiger partial charge is 0.322 e. The van der Waals surface area contributed by atoms with E-state index in [4.69, 9.17) is 19.4 Å². The molecular formula is C19H26N4O3. The molecule has 0 aliphatic carbocycles. The second-order valence-electron chi connectivity index (χ2n) is 6.66. The summed E-state index contributed by atoms with van der Waals surface area (Å²) in [6, 6.07) is 5.87. The van der Waals surface area contributed by atoms with Crippen molar-refractivity contribution >= 4 is 22.8 Å². The maximum absolute atomic E-state index is 11.6. The van der Waals surface area contributed by atoms with E-state index in [1.165, 1.54) is 7.11 Å². The maximum atomic E-state index is 11.6. The molecular weight excluding hydrogens is 332 g/mol. The van der Waals surface area contributed by atoms with Crippen LogP contribution in [0.25, 0.3) is 10.9 Å². The van der Waals surface area contributed by atoms with Gasteiger partial charge in [0.2, 0.25) is 5.95 Å². The molecule has 0 spiro atoms. The summed E-state index contributed by atoms with van der Waals surface area (Å²) in [7, 11) is 3.07. The van der Waals surface area contributed by atoms with Crippen molar-refractivity contribution in [1.29, 1.82) is 0 Å². The Morgan fingerprint density at radius 2 is 2.00 bits per heavy atom. The molecule has 1 aliphatic heterocycles. The molecule has 1 saturated heterocycles. The third kappa shape index (κ3) is 3.88. The van der Waals surface area contributed by atoms with E-state index in [-0.39, 0.29) is 12.0 Å². The van der Waals surface area contributed by atoms with Crippen molar-refractivity contribution in [1.82, 2.24) is 15.3 Å². The molecule has 2 aromatic rings. The van der Waals surface area contributed by atoms with Crippen molar-refractivity contribution in [2.75, 3.05) is 32.2 Å². The van der Waals surface area contributed by atoms with Crippen molar-refractivity contribution < 1.29 is 14.3 Å². The Balaban J connectivity index is 1.68. The molecule has 140 valence electrons. The van der Waals surface area contributed by atoms with Crippen molar-refractivity contribution in [2.45, 2.75) is 38.8 Å². The Bertz CT molecular complexity index is 788. The quantitative estimate of drug-likeness (QED) is 0.820. The number of fused-ring (bicyclic) bond motifs is 1. The second kappa shape index (κ2) is 7.86. The van der Waals surface area contributed by atoms with Crippen molar-refractivity contribution in [3.8, 4) is 5.75 Å². The highest BCUT2D eigenvalue weighted by Gasteiger charge is 2.24. The number of aromatic nitrogens is 2. The van der Waals surface area contributed by atoms with E-state index in [1.54, 1.807) is 7.11 Å². The molecule has 7 heteroatoms. The molecule has 1 atom stereocenters. The Hall–Kier alpha value is -2.41. The Morgan fingerprint density at radius 1 is 1.27 bits per heavy atom. The van der Waals surface area contributed by atoms with Crippen LogP contribution in [0.15, 0.2) is 18.2 Å². The van der Waals surface area contributed by atoms with E-state index in [2.05, 4.69) is 10.2 Å². The van der Waals surface area contributed by atoms with Crippen LogP contribution in [0.5, 0.6) is 5.75 Å². The lowest BCUT2D eigenvalue weighted by molar-refractivity contribution is -0.142. The molecule has 1 N–H and O–H groups in total. The molecule has 0 saturated carbocycles. The zero-order valence-corrected chi connectivity index (χ0v) is 15.8. The molecule has 26 heavy (non-hydrogen) atoms. The molecule has 0 unspecified atom stereocenters. The van der Waals surface area contributed by atoms with Crippen LogP contribution >= 0.6 is 0 Å². The fraction of sp³-hybridized carbons (Fsp3) is 0.526. The number of piperidine rings is 1. The van der Waals surface area contributed by atoms with Gasteiger partial charge in [-0.1, -0.05) is 0 Å². The number of benzene rings is 1. The average Bonchev–Trinajstić information content (AvgIpc) is 2.67. The number of carbonyl (C=O) groups excluding carboxylic acids is 1. The largest absolute Gasteiger partial charge is 0.497 e. The Morgan fingerprint density at radius 3 is 2.65 bits per heavy atom. The highest BCUT2D eigenvalue weighted by atomic mass is 16.5. The third-order valence-electron chi connectivity index (χ3n) is 4.90. The molecule has 3 rings (SSSR count). The summed E-state index contributed by atoms with van der Waals surface area (Å²) < 4.78 is 10.1. The zero-order valence-electron chi connectivity index (χ0n) is 15.8. The van der Waals surface area contributed by atoms with Gasteiger partial charge in [-0.05, 0) is 44.9 Å². The standard InChI is InChI=1S/C19H26N4O3/c1-12-16-11-15(25-3)5-6-17(16)22-19(21-12)23-9-7-14(8-10-23)20-13(2)18(24)26-4/h5-6,11,13-14,20H,7-10H2,1-4H3/t13-/m1/s1. The van der Waals surface area contributed by atoms with Crippen LogP contribution in [0, 0.1) is 6.92 Å². The number of nitrogens with one attached hydrogen (secondary N) is 1. The summed E-state index contributed by atoms with van der Waals surface area (Å²) in [5.74, 6) is 1.35. The summed E-state index contributed by atoms with van der Waals surface area (Å²) in [6.07, 6.45) is 1.87. The molecule has 7 nitrogen and oxygen atoms in total. The van der Waals surface area contributed by atoms with Crippen LogP contribution in [-0.4, -0.2) is 55.3 Å². The molecule has 0 bridgehead atoms. The first kappa shape index (κ1) is 18.4. The minimum absolute atomic E-state index is 0.226. The third-order valence-corrected chi connectivity index (χ3v) is 4.90. The summed E-state index contributed by atoms with van der Waals surface area (Å²) in [5.41, 5.74) is 1.87. The van der Waals surface area contributed by atoms with Crippen LogP contribution in [0.3, 0.4) is 0 Å². The van der Waals surface area contributed by atoms with Gasteiger partial charge in [-0.15, -0.1) is 0 Å². The number of esters is 1. The van der Waals surface area contributed by atoms with Crippen LogP contribution in [0.1, 0.15) is 25.5 Å². The lowest BCUT2D eigenvalue weighted by atomic mass is 10.0. The first-order valence-electron chi connectivity index (χ1n) is 8.93. The van der Waals surface area contributed by atoms with Gasteiger partial charge in [0, 0.05) is 24.5 Å². The first-order valence-corrected chi connectivity index (χ1v) is 8.93. The number of nitrogens with zero attached hydrogens (tertiary/aromatic N) is 3. The summed E-state index contributed by atoms with van der Waals surface area (Å²) in [4.78, 5) is 23.2. The van der Waals surface area contributed by atoms with Gasteiger partial charge in [-0.25, -0.2) is 9.97 Å². The van der Waals surface area contributed by atoms with Crippen molar-refractivity contribution in [3.63, 3.8) is 0 Å². The normalized spacial score (nSPS) is 16.5. The summed E-state index contributed by atoms with van der Waals surface area (Å²) in [5, 5.41) is 4.35. The molecule has 1 aromatic heterocycles. The molecule has 2 heterocycles. The summed E-state index contributed by atoms with van der Waals surface area (Å²) >= 11 is 0. The molecule has 1 aromatic carbocycles. The van der Waals surface area contributed by atoms with Gasteiger partial charge < -0.3 is 19.7 Å². The number of anilines is 1. The van der Waals surface area contributed by atoms with E-state index >= 15 is 0 Å². The van der Waals surface area contributed by atoms with Crippen LogP contribution in [-0.2, 0) is 9.53 Å². The van der Waals surface area contributed by atoms with E-state index in [9.17, 15) is 4.79 Å². The van der Waals surface area contributed by atoms with Gasteiger partial charge in [0.05, 0.1) is 25.4 Å². The second-order valence-corrected chi connectivity index (χ2v) is 6.66. The van der Waals surface area contributed by atoms with Crippen LogP contribution < -0.4 is 15.0 Å². The zero-order chi connectivity index (χ0) is 18.7. The van der Waals surface area contributed by atoms with Gasteiger partial charge in [0.25, 0.3) is 0 Å². The number of carbonyl (C=O) groups is 1. The van der Waals surface area contributed by atoms with Gasteiger partial charge in [-0.3, -0.25) is 4.79 Å². The van der Waals surface area contributed by atoms with E-state index in [0.717, 1.165) is 54.2 Å². The highest BCUT2D eigenvalue weighted by molar-refractivity contribution is 5.83. The fourth-order valence-electron chi connectivity index (χ4n) is 3.36. The van der Waals surface area contributed by atoms with Crippen molar-refractivity contribution in [2.24, 2.45) is 0 Å². The van der Waals surface area contributed by atoms with Gasteiger partial charge in [-0.2, -0.15) is 0 Å². The fourth-order valence-corrected chi connectivity index (χ4v) is 3.36. The predicted octanol–water partition coefficient (Wildman–Crippen LogP) is 2.07. The number of methoxy groups -OCH3 is 2. The van der Waals surface area contributed by atoms with Crippen LogP contribution in [0.2, 0.25) is 0 Å². The first-order chi connectivity index (χ1) is 12.5. The predicted molar refractivity (Wildman–Crippen MR) is 101 cm³/mol.